The molecule has 8 aromatic carbocycles. The van der Waals surface area contributed by atoms with Crippen molar-refractivity contribution in [2.24, 2.45) is 0 Å². The standard InChI is InChI=1S/C51H31N3OS/c1-3-12-32(13-4-1)36-16-9-17-37(30-36)38-28-29-45-43(31-38)47-39(19-11-23-46(47)56-45)33-24-26-35(27-25-33)50-52-49(34-14-5-2-6-15-34)53-51(54-50)42-21-10-20-41-40-18-7-8-22-44(40)55-48(41)42/h1-31H. The van der Waals surface area contributed by atoms with E-state index in [9.17, 15) is 0 Å². The van der Waals surface area contributed by atoms with Gasteiger partial charge in [-0.05, 0) is 69.8 Å². The van der Waals surface area contributed by atoms with E-state index < -0.39 is 0 Å². The number of aromatic nitrogens is 3. The maximum absolute atomic E-state index is 6.41. The highest BCUT2D eigenvalue weighted by atomic mass is 32.1. The molecule has 0 amide bonds. The summed E-state index contributed by atoms with van der Waals surface area (Å²) in [5.74, 6) is 1.79. The molecule has 11 aromatic rings. The summed E-state index contributed by atoms with van der Waals surface area (Å²) in [6.45, 7) is 0. The summed E-state index contributed by atoms with van der Waals surface area (Å²) in [4.78, 5) is 15.1. The van der Waals surface area contributed by atoms with E-state index in [1.807, 2.05) is 72.0 Å². The van der Waals surface area contributed by atoms with Gasteiger partial charge >= 0.3 is 0 Å². The fourth-order valence-corrected chi connectivity index (χ4v) is 8.93. The molecular formula is C51H31N3OS. The van der Waals surface area contributed by atoms with E-state index in [-0.39, 0.29) is 0 Å². The van der Waals surface area contributed by atoms with Crippen molar-refractivity contribution in [1.29, 1.82) is 0 Å². The van der Waals surface area contributed by atoms with Gasteiger partial charge < -0.3 is 4.42 Å². The maximum Gasteiger partial charge on any atom is 0.167 e. The Balaban J connectivity index is 1.01. The molecule has 0 saturated carbocycles. The lowest BCUT2D eigenvalue weighted by molar-refractivity contribution is 0.669. The van der Waals surface area contributed by atoms with Crippen molar-refractivity contribution in [3.8, 4) is 67.5 Å². The molecule has 0 spiro atoms. The Morgan fingerprint density at radius 1 is 0.339 bits per heavy atom. The zero-order valence-electron chi connectivity index (χ0n) is 30.1. The summed E-state index contributed by atoms with van der Waals surface area (Å²) in [6.07, 6.45) is 0. The van der Waals surface area contributed by atoms with Gasteiger partial charge in [0.05, 0.1) is 5.56 Å². The van der Waals surface area contributed by atoms with E-state index in [1.54, 1.807) is 0 Å². The van der Waals surface area contributed by atoms with Crippen LogP contribution < -0.4 is 0 Å². The molecule has 0 fully saturated rings. The summed E-state index contributed by atoms with van der Waals surface area (Å²) in [6, 6.07) is 65.9. The average molecular weight is 734 g/mol. The fraction of sp³-hybridized carbons (Fsp3) is 0. The Kier molecular flexibility index (Phi) is 7.64. The molecule has 0 aliphatic carbocycles. The smallest absolute Gasteiger partial charge is 0.167 e. The summed E-state index contributed by atoms with van der Waals surface area (Å²) < 4.78 is 8.95. The minimum atomic E-state index is 0.571. The molecule has 4 nitrogen and oxygen atoms in total. The average Bonchev–Trinajstić information content (AvgIpc) is 3.85. The van der Waals surface area contributed by atoms with Crippen LogP contribution in [0.25, 0.3) is 110 Å². The van der Waals surface area contributed by atoms with Gasteiger partial charge in [-0.15, -0.1) is 11.3 Å². The van der Waals surface area contributed by atoms with Crippen LogP contribution >= 0.6 is 11.3 Å². The van der Waals surface area contributed by atoms with Crippen LogP contribution in [0.2, 0.25) is 0 Å². The predicted molar refractivity (Wildman–Crippen MR) is 233 cm³/mol. The van der Waals surface area contributed by atoms with Gasteiger partial charge in [-0.1, -0.05) is 152 Å². The lowest BCUT2D eigenvalue weighted by atomic mass is 9.95. The van der Waals surface area contributed by atoms with E-state index in [0.29, 0.717) is 17.5 Å². The minimum absolute atomic E-state index is 0.571. The maximum atomic E-state index is 6.41. The van der Waals surface area contributed by atoms with Gasteiger partial charge in [0, 0.05) is 42.1 Å². The Hall–Kier alpha value is -7.21. The molecule has 0 aliphatic rings. The Bertz CT molecular complexity index is 3240. The zero-order chi connectivity index (χ0) is 37.0. The first kappa shape index (κ1) is 32.2. The van der Waals surface area contributed by atoms with Crippen molar-refractivity contribution in [3.63, 3.8) is 0 Å². The second-order valence-electron chi connectivity index (χ2n) is 14.0. The zero-order valence-corrected chi connectivity index (χ0v) is 30.9. The van der Waals surface area contributed by atoms with Gasteiger partial charge in [0.15, 0.2) is 17.5 Å². The quantitative estimate of drug-likeness (QED) is 0.171. The van der Waals surface area contributed by atoms with Crippen molar-refractivity contribution < 1.29 is 4.42 Å². The molecule has 0 unspecified atom stereocenters. The molecule has 3 aromatic heterocycles. The van der Waals surface area contributed by atoms with Gasteiger partial charge in [0.2, 0.25) is 0 Å². The summed E-state index contributed by atoms with van der Waals surface area (Å²) in [7, 11) is 0. The van der Waals surface area contributed by atoms with Gasteiger partial charge in [0.1, 0.15) is 11.2 Å². The number of hydrogen-bond donors (Lipinski definition) is 0. The third-order valence-corrected chi connectivity index (χ3v) is 11.7. The van der Waals surface area contributed by atoms with Gasteiger partial charge in [-0.25, -0.2) is 15.0 Å². The predicted octanol–water partition coefficient (Wildman–Crippen LogP) is 14.1. The van der Waals surface area contributed by atoms with Crippen LogP contribution in [0.3, 0.4) is 0 Å². The SMILES string of the molecule is c1ccc(-c2cccc(-c3ccc4sc5cccc(-c6ccc(-c7nc(-c8ccccc8)nc(-c8cccc9c8oc8ccccc89)n7)cc6)c5c4c3)c2)cc1. The van der Waals surface area contributed by atoms with E-state index in [1.165, 1.54) is 48.0 Å². The van der Waals surface area contributed by atoms with E-state index in [2.05, 4.69) is 127 Å². The molecular weight excluding hydrogens is 703 g/mol. The molecule has 56 heavy (non-hydrogen) atoms. The van der Waals surface area contributed by atoms with Crippen LogP contribution in [0.15, 0.2) is 192 Å². The number of hydrogen-bond acceptors (Lipinski definition) is 5. The van der Waals surface area contributed by atoms with Crippen molar-refractivity contribution in [2.45, 2.75) is 0 Å². The van der Waals surface area contributed by atoms with Gasteiger partial charge in [-0.3, -0.25) is 0 Å². The normalized spacial score (nSPS) is 11.6. The number of thiophene rings is 1. The lowest BCUT2D eigenvalue weighted by Gasteiger charge is -2.10. The second-order valence-corrected chi connectivity index (χ2v) is 15.1. The highest BCUT2D eigenvalue weighted by molar-refractivity contribution is 7.26. The van der Waals surface area contributed by atoms with E-state index in [4.69, 9.17) is 19.4 Å². The summed E-state index contributed by atoms with van der Waals surface area (Å²) in [5.41, 5.74) is 11.5. The first-order valence-corrected chi connectivity index (χ1v) is 19.5. The van der Waals surface area contributed by atoms with Crippen molar-refractivity contribution in [1.82, 2.24) is 15.0 Å². The number of para-hydroxylation sites is 2. The van der Waals surface area contributed by atoms with Crippen LogP contribution in [0.1, 0.15) is 0 Å². The van der Waals surface area contributed by atoms with Crippen molar-refractivity contribution in [3.05, 3.63) is 188 Å². The largest absolute Gasteiger partial charge is 0.455 e. The molecule has 0 bridgehead atoms. The monoisotopic (exact) mass is 733 g/mol. The molecule has 11 rings (SSSR count). The first-order valence-electron chi connectivity index (χ1n) is 18.7. The van der Waals surface area contributed by atoms with Crippen LogP contribution in [0, 0.1) is 0 Å². The molecule has 0 saturated heterocycles. The highest BCUT2D eigenvalue weighted by Crippen LogP contribution is 2.42. The van der Waals surface area contributed by atoms with E-state index in [0.717, 1.165) is 44.2 Å². The Labute approximate surface area is 327 Å². The Morgan fingerprint density at radius 2 is 0.893 bits per heavy atom. The number of fused-ring (bicyclic) bond motifs is 6. The Morgan fingerprint density at radius 3 is 1.70 bits per heavy atom. The third-order valence-electron chi connectivity index (χ3n) is 10.6. The summed E-state index contributed by atoms with van der Waals surface area (Å²) >= 11 is 1.84. The second kappa shape index (κ2) is 13.3. The van der Waals surface area contributed by atoms with Crippen LogP contribution in [0.4, 0.5) is 0 Å². The van der Waals surface area contributed by atoms with Crippen LogP contribution in [-0.4, -0.2) is 15.0 Å². The van der Waals surface area contributed by atoms with E-state index >= 15 is 0 Å². The van der Waals surface area contributed by atoms with Crippen LogP contribution in [0.5, 0.6) is 0 Å². The molecule has 0 radical (unpaired) electrons. The molecule has 5 heteroatoms. The van der Waals surface area contributed by atoms with Crippen LogP contribution in [-0.2, 0) is 0 Å². The topological polar surface area (TPSA) is 51.8 Å². The lowest BCUT2D eigenvalue weighted by Crippen LogP contribution is -2.00. The number of nitrogens with zero attached hydrogens (tertiary/aromatic N) is 3. The van der Waals surface area contributed by atoms with Crippen molar-refractivity contribution >= 4 is 53.4 Å². The molecule has 0 atom stereocenters. The minimum Gasteiger partial charge on any atom is -0.455 e. The molecule has 0 N–H and O–H groups in total. The fourth-order valence-electron chi connectivity index (χ4n) is 7.82. The number of furan rings is 1. The highest BCUT2D eigenvalue weighted by Gasteiger charge is 2.18. The molecule has 0 aliphatic heterocycles. The summed E-state index contributed by atoms with van der Waals surface area (Å²) in [5, 5.41) is 4.64. The molecule has 3 heterocycles. The third kappa shape index (κ3) is 5.56. The first-order chi connectivity index (χ1) is 27.7. The molecule has 262 valence electrons. The van der Waals surface area contributed by atoms with Crippen molar-refractivity contribution in [2.75, 3.05) is 0 Å². The number of rotatable bonds is 6. The number of benzene rings is 8. The van der Waals surface area contributed by atoms with Gasteiger partial charge in [-0.2, -0.15) is 0 Å². The van der Waals surface area contributed by atoms with Gasteiger partial charge in [0.25, 0.3) is 0 Å².